The zero-order valence-electron chi connectivity index (χ0n) is 16.4. The molecule has 29 heavy (non-hydrogen) atoms. The molecule has 0 aliphatic rings. The number of hydrogen-bond acceptors (Lipinski definition) is 4. The van der Waals surface area contributed by atoms with Crippen LogP contribution in [0, 0.1) is 0 Å². The van der Waals surface area contributed by atoms with Crippen LogP contribution in [-0.4, -0.2) is 46.4 Å². The van der Waals surface area contributed by atoms with Gasteiger partial charge in [-0.15, -0.1) is 0 Å². The standard InChI is InChI=1S/C19H24F2N4O3S/c1-22-19(24-13-15-6-4-5-7-17(15)28-18(20)21)23-12-14-8-10-16(11-9-14)29(26,27)25(2)3/h4-11,18H,12-13H2,1-3H3,(H2,22,23,24). The minimum Gasteiger partial charge on any atom is -0.434 e. The average Bonchev–Trinajstić information content (AvgIpc) is 2.69. The lowest BCUT2D eigenvalue weighted by atomic mass is 10.2. The van der Waals surface area contributed by atoms with Crippen molar-refractivity contribution in [3.8, 4) is 5.75 Å². The quantitative estimate of drug-likeness (QED) is 0.500. The molecule has 0 saturated heterocycles. The van der Waals surface area contributed by atoms with Crippen LogP contribution in [0.2, 0.25) is 0 Å². The van der Waals surface area contributed by atoms with Crippen molar-refractivity contribution in [3.05, 3.63) is 59.7 Å². The van der Waals surface area contributed by atoms with Crippen LogP contribution < -0.4 is 15.4 Å². The number of ether oxygens (including phenoxy) is 1. The second-order valence-corrected chi connectivity index (χ2v) is 8.35. The van der Waals surface area contributed by atoms with Crippen LogP contribution >= 0.6 is 0 Å². The normalized spacial score (nSPS) is 12.3. The van der Waals surface area contributed by atoms with E-state index in [9.17, 15) is 17.2 Å². The molecule has 0 aliphatic heterocycles. The summed E-state index contributed by atoms with van der Waals surface area (Å²) in [6.45, 7) is -2.26. The number of para-hydroxylation sites is 1. The molecule has 2 aromatic carbocycles. The molecule has 2 aromatic rings. The van der Waals surface area contributed by atoms with Crippen LogP contribution in [0.15, 0.2) is 58.4 Å². The van der Waals surface area contributed by atoms with Gasteiger partial charge in [0, 0.05) is 39.8 Å². The highest BCUT2D eigenvalue weighted by atomic mass is 32.2. The summed E-state index contributed by atoms with van der Waals surface area (Å²) in [6, 6.07) is 13.0. The molecule has 0 heterocycles. The molecule has 7 nitrogen and oxygen atoms in total. The van der Waals surface area contributed by atoms with Gasteiger partial charge in [-0.25, -0.2) is 12.7 Å². The van der Waals surface area contributed by atoms with Gasteiger partial charge in [0.15, 0.2) is 5.96 Å². The van der Waals surface area contributed by atoms with Gasteiger partial charge in [-0.3, -0.25) is 4.99 Å². The average molecular weight is 426 g/mol. The maximum Gasteiger partial charge on any atom is 0.387 e. The van der Waals surface area contributed by atoms with Crippen LogP contribution in [0.5, 0.6) is 5.75 Å². The molecule has 0 amide bonds. The van der Waals surface area contributed by atoms with E-state index in [0.717, 1.165) is 9.87 Å². The SMILES string of the molecule is CN=C(NCc1ccc(S(=O)(=O)N(C)C)cc1)NCc1ccccc1OC(F)F. The van der Waals surface area contributed by atoms with E-state index in [4.69, 9.17) is 0 Å². The smallest absolute Gasteiger partial charge is 0.387 e. The third kappa shape index (κ3) is 6.40. The molecule has 0 fully saturated rings. The van der Waals surface area contributed by atoms with E-state index in [2.05, 4.69) is 20.4 Å². The summed E-state index contributed by atoms with van der Waals surface area (Å²) in [5.41, 5.74) is 1.42. The Morgan fingerprint density at radius 1 is 1.07 bits per heavy atom. The Labute approximate surface area is 169 Å². The first kappa shape index (κ1) is 22.6. The molecule has 10 heteroatoms. The number of alkyl halides is 2. The summed E-state index contributed by atoms with van der Waals surface area (Å²) in [4.78, 5) is 4.30. The summed E-state index contributed by atoms with van der Waals surface area (Å²) in [6.07, 6.45) is 0. The zero-order chi connectivity index (χ0) is 21.4. The van der Waals surface area contributed by atoms with Crippen molar-refractivity contribution in [2.75, 3.05) is 21.1 Å². The number of hydrogen-bond donors (Lipinski definition) is 2. The van der Waals surface area contributed by atoms with Crippen molar-refractivity contribution in [1.29, 1.82) is 0 Å². The van der Waals surface area contributed by atoms with Crippen LogP contribution in [0.1, 0.15) is 11.1 Å². The van der Waals surface area contributed by atoms with E-state index >= 15 is 0 Å². The second kappa shape index (κ2) is 10.2. The fraction of sp³-hybridized carbons (Fsp3) is 0.316. The number of halogens is 2. The summed E-state index contributed by atoms with van der Waals surface area (Å²) in [7, 11) is 1.07. The van der Waals surface area contributed by atoms with Gasteiger partial charge in [-0.05, 0) is 23.8 Å². The van der Waals surface area contributed by atoms with Crippen molar-refractivity contribution in [2.24, 2.45) is 4.99 Å². The molecule has 0 aromatic heterocycles. The van der Waals surface area contributed by atoms with Gasteiger partial charge in [0.2, 0.25) is 10.0 Å². The predicted molar refractivity (Wildman–Crippen MR) is 107 cm³/mol. The Bertz CT molecular complexity index is 933. The summed E-state index contributed by atoms with van der Waals surface area (Å²) in [5.74, 6) is 0.560. The summed E-state index contributed by atoms with van der Waals surface area (Å²) >= 11 is 0. The van der Waals surface area contributed by atoms with Gasteiger partial charge in [0.05, 0.1) is 4.90 Å². The zero-order valence-corrected chi connectivity index (χ0v) is 17.2. The van der Waals surface area contributed by atoms with E-state index in [1.54, 1.807) is 49.5 Å². The van der Waals surface area contributed by atoms with Crippen molar-refractivity contribution >= 4 is 16.0 Å². The molecule has 0 radical (unpaired) electrons. The third-order valence-electron chi connectivity index (χ3n) is 4.02. The number of benzene rings is 2. The van der Waals surface area contributed by atoms with Gasteiger partial charge in [-0.2, -0.15) is 8.78 Å². The molecule has 2 rings (SSSR count). The molecule has 158 valence electrons. The molecule has 0 unspecified atom stereocenters. The molecule has 0 atom stereocenters. The maximum absolute atomic E-state index is 12.5. The highest BCUT2D eigenvalue weighted by Crippen LogP contribution is 2.20. The van der Waals surface area contributed by atoms with Crippen LogP contribution in [0.25, 0.3) is 0 Å². The lowest BCUT2D eigenvalue weighted by Crippen LogP contribution is -2.36. The number of guanidine groups is 1. The Kier molecular flexibility index (Phi) is 7.91. The van der Waals surface area contributed by atoms with Crippen molar-refractivity contribution in [2.45, 2.75) is 24.6 Å². The molecular formula is C19H24F2N4O3S. The summed E-state index contributed by atoms with van der Waals surface area (Å²) < 4.78 is 54.9. The minimum atomic E-state index is -3.47. The minimum absolute atomic E-state index is 0.100. The largest absolute Gasteiger partial charge is 0.434 e. The number of nitrogens with one attached hydrogen (secondary N) is 2. The molecule has 0 aliphatic carbocycles. The molecule has 0 bridgehead atoms. The van der Waals surface area contributed by atoms with Crippen molar-refractivity contribution in [3.63, 3.8) is 0 Å². The lowest BCUT2D eigenvalue weighted by Gasteiger charge is -2.15. The molecule has 2 N–H and O–H groups in total. The highest BCUT2D eigenvalue weighted by molar-refractivity contribution is 7.89. The Balaban J connectivity index is 1.95. The number of aliphatic imine (C=N–C) groups is 1. The predicted octanol–water partition coefficient (Wildman–Crippen LogP) is 2.40. The van der Waals surface area contributed by atoms with Crippen LogP contribution in [0.3, 0.4) is 0 Å². The van der Waals surface area contributed by atoms with Gasteiger partial charge < -0.3 is 15.4 Å². The van der Waals surface area contributed by atoms with Gasteiger partial charge >= 0.3 is 6.61 Å². The second-order valence-electron chi connectivity index (χ2n) is 6.20. The highest BCUT2D eigenvalue weighted by Gasteiger charge is 2.16. The van der Waals surface area contributed by atoms with Crippen LogP contribution in [-0.2, 0) is 23.1 Å². The van der Waals surface area contributed by atoms with Crippen LogP contribution in [0.4, 0.5) is 8.78 Å². The Hall–Kier alpha value is -2.72. The number of nitrogens with zero attached hydrogens (tertiary/aromatic N) is 2. The van der Waals surface area contributed by atoms with E-state index in [1.165, 1.54) is 20.2 Å². The fourth-order valence-electron chi connectivity index (χ4n) is 2.44. The van der Waals surface area contributed by atoms with E-state index in [0.29, 0.717) is 18.1 Å². The van der Waals surface area contributed by atoms with E-state index in [1.807, 2.05) is 0 Å². The van der Waals surface area contributed by atoms with Crippen molar-refractivity contribution in [1.82, 2.24) is 14.9 Å². The van der Waals surface area contributed by atoms with E-state index < -0.39 is 16.6 Å². The first-order valence-corrected chi connectivity index (χ1v) is 10.2. The molecule has 0 spiro atoms. The van der Waals surface area contributed by atoms with Gasteiger partial charge in [0.1, 0.15) is 5.75 Å². The maximum atomic E-state index is 12.5. The number of rotatable bonds is 8. The third-order valence-corrected chi connectivity index (χ3v) is 5.85. The van der Waals surface area contributed by atoms with Gasteiger partial charge in [-0.1, -0.05) is 30.3 Å². The monoisotopic (exact) mass is 426 g/mol. The first-order valence-electron chi connectivity index (χ1n) is 8.72. The topological polar surface area (TPSA) is 83.0 Å². The van der Waals surface area contributed by atoms with E-state index in [-0.39, 0.29) is 17.2 Å². The lowest BCUT2D eigenvalue weighted by molar-refractivity contribution is -0.0504. The van der Waals surface area contributed by atoms with Crippen molar-refractivity contribution < 1.29 is 21.9 Å². The fourth-order valence-corrected chi connectivity index (χ4v) is 3.34. The first-order chi connectivity index (χ1) is 13.7. The molecule has 0 saturated carbocycles. The Morgan fingerprint density at radius 3 is 2.28 bits per heavy atom. The summed E-state index contributed by atoms with van der Waals surface area (Å²) in [5, 5.41) is 6.12. The van der Waals surface area contributed by atoms with Gasteiger partial charge in [0.25, 0.3) is 0 Å². The molecular weight excluding hydrogens is 402 g/mol. The Morgan fingerprint density at radius 2 is 1.69 bits per heavy atom. The number of sulfonamides is 1.